The summed E-state index contributed by atoms with van der Waals surface area (Å²) in [6.07, 6.45) is 0. The molecule has 0 radical (unpaired) electrons. The van der Waals surface area contributed by atoms with E-state index in [4.69, 9.17) is 0 Å². The van der Waals surface area contributed by atoms with E-state index in [1.807, 2.05) is 36.9 Å². The van der Waals surface area contributed by atoms with Crippen molar-refractivity contribution in [1.82, 2.24) is 10.2 Å². The first-order valence-electron chi connectivity index (χ1n) is 9.86. The Hall–Kier alpha value is -3.09. The van der Waals surface area contributed by atoms with Gasteiger partial charge in [0.2, 0.25) is 5.91 Å². The molecule has 1 aliphatic heterocycles. The topological polar surface area (TPSA) is 64.7 Å². The van der Waals surface area contributed by atoms with Crippen molar-refractivity contribution in [1.29, 1.82) is 0 Å². The number of amides is 3. The summed E-state index contributed by atoms with van der Waals surface area (Å²) >= 11 is 0. The van der Waals surface area contributed by atoms with E-state index < -0.39 is 12.1 Å². The van der Waals surface area contributed by atoms with E-state index >= 15 is 0 Å². The lowest BCUT2D eigenvalue weighted by molar-refractivity contribution is -0.134. The molecule has 29 heavy (non-hydrogen) atoms. The van der Waals surface area contributed by atoms with Gasteiger partial charge in [-0.2, -0.15) is 0 Å². The molecule has 1 atom stereocenters. The number of carbonyl (C=O) groups excluding carboxylic acids is 2. The predicted molar refractivity (Wildman–Crippen MR) is 112 cm³/mol. The van der Waals surface area contributed by atoms with Gasteiger partial charge in [-0.05, 0) is 30.2 Å². The van der Waals surface area contributed by atoms with Crippen LogP contribution < -0.4 is 15.5 Å². The smallest absolute Gasteiger partial charge is 0.319 e. The Bertz CT molecular complexity index is 836. The number of hydrogen-bond acceptors (Lipinski definition) is 3. The van der Waals surface area contributed by atoms with Gasteiger partial charge in [0.05, 0.1) is 5.69 Å². The molecule has 0 aliphatic carbocycles. The van der Waals surface area contributed by atoms with Crippen LogP contribution in [0.1, 0.15) is 13.8 Å². The van der Waals surface area contributed by atoms with Crippen LogP contribution in [0.2, 0.25) is 0 Å². The number of para-hydroxylation sites is 2. The van der Waals surface area contributed by atoms with Crippen LogP contribution in [-0.4, -0.2) is 49.1 Å². The lowest BCUT2D eigenvalue weighted by Gasteiger charge is -2.38. The first-order chi connectivity index (χ1) is 14.0. The zero-order valence-electron chi connectivity index (χ0n) is 16.8. The Balaban J connectivity index is 1.58. The number of urea groups is 1. The largest absolute Gasteiger partial charge is 0.366 e. The van der Waals surface area contributed by atoms with Crippen LogP contribution in [0.4, 0.5) is 20.6 Å². The number of carbonyl (C=O) groups is 2. The molecule has 1 saturated heterocycles. The second-order valence-corrected chi connectivity index (χ2v) is 7.45. The Morgan fingerprint density at radius 2 is 1.55 bits per heavy atom. The average Bonchev–Trinajstić information content (AvgIpc) is 2.72. The molecule has 6 nitrogen and oxygen atoms in total. The van der Waals surface area contributed by atoms with Crippen LogP contribution >= 0.6 is 0 Å². The molecule has 0 aromatic heterocycles. The molecule has 1 heterocycles. The van der Waals surface area contributed by atoms with E-state index in [-0.39, 0.29) is 17.6 Å². The molecule has 2 aromatic rings. The lowest BCUT2D eigenvalue weighted by Crippen LogP contribution is -2.57. The summed E-state index contributed by atoms with van der Waals surface area (Å²) in [6.45, 7) is 5.88. The fourth-order valence-electron chi connectivity index (χ4n) is 3.42. The maximum absolute atomic E-state index is 14.0. The standard InChI is InChI=1S/C22H27FN4O2/c1-16(2)20(25-22(29)24-17-8-4-3-5-9-17)21(28)27-14-12-26(13-15-27)19-11-7-6-10-18(19)23/h3-11,16,20H,12-15H2,1-2H3,(H2,24,25,29). The molecular weight excluding hydrogens is 371 g/mol. The van der Waals surface area contributed by atoms with Crippen molar-refractivity contribution in [3.63, 3.8) is 0 Å². The van der Waals surface area contributed by atoms with Crippen molar-refractivity contribution in [2.24, 2.45) is 5.92 Å². The minimum Gasteiger partial charge on any atom is -0.366 e. The number of rotatable bonds is 5. The molecule has 0 spiro atoms. The highest BCUT2D eigenvalue weighted by Crippen LogP contribution is 2.20. The van der Waals surface area contributed by atoms with E-state index in [2.05, 4.69) is 10.6 Å². The van der Waals surface area contributed by atoms with Crippen molar-refractivity contribution in [3.05, 3.63) is 60.4 Å². The van der Waals surface area contributed by atoms with Crippen LogP contribution in [0.5, 0.6) is 0 Å². The lowest BCUT2D eigenvalue weighted by atomic mass is 10.0. The number of nitrogens with one attached hydrogen (secondary N) is 2. The van der Waals surface area contributed by atoms with Crippen LogP contribution in [0.15, 0.2) is 54.6 Å². The van der Waals surface area contributed by atoms with Crippen molar-refractivity contribution >= 4 is 23.3 Å². The van der Waals surface area contributed by atoms with Gasteiger partial charge in [0.15, 0.2) is 0 Å². The van der Waals surface area contributed by atoms with Crippen molar-refractivity contribution in [2.75, 3.05) is 36.4 Å². The van der Waals surface area contributed by atoms with E-state index in [0.29, 0.717) is 37.6 Å². The van der Waals surface area contributed by atoms with Gasteiger partial charge in [0.1, 0.15) is 11.9 Å². The second kappa shape index (κ2) is 9.41. The molecule has 0 bridgehead atoms. The highest BCUT2D eigenvalue weighted by molar-refractivity contribution is 5.93. The summed E-state index contributed by atoms with van der Waals surface area (Å²) in [5, 5.41) is 5.55. The van der Waals surface area contributed by atoms with Gasteiger partial charge in [0, 0.05) is 31.9 Å². The van der Waals surface area contributed by atoms with E-state index in [1.165, 1.54) is 6.07 Å². The number of anilines is 2. The Morgan fingerprint density at radius 1 is 0.931 bits per heavy atom. The Morgan fingerprint density at radius 3 is 2.17 bits per heavy atom. The van der Waals surface area contributed by atoms with Gasteiger partial charge in [-0.1, -0.05) is 44.2 Å². The highest BCUT2D eigenvalue weighted by Gasteiger charge is 2.31. The summed E-state index contributed by atoms with van der Waals surface area (Å²) in [7, 11) is 0. The zero-order valence-corrected chi connectivity index (χ0v) is 16.8. The van der Waals surface area contributed by atoms with Crippen LogP contribution in [-0.2, 0) is 4.79 Å². The summed E-state index contributed by atoms with van der Waals surface area (Å²) in [4.78, 5) is 29.1. The third-order valence-corrected chi connectivity index (χ3v) is 5.04. The third kappa shape index (κ3) is 5.25. The molecule has 154 valence electrons. The minimum atomic E-state index is -0.626. The maximum atomic E-state index is 14.0. The van der Waals surface area contributed by atoms with Gasteiger partial charge in [0.25, 0.3) is 0 Å². The average molecular weight is 398 g/mol. The van der Waals surface area contributed by atoms with Gasteiger partial charge >= 0.3 is 6.03 Å². The maximum Gasteiger partial charge on any atom is 0.319 e. The molecule has 7 heteroatoms. The van der Waals surface area contributed by atoms with Crippen molar-refractivity contribution in [2.45, 2.75) is 19.9 Å². The van der Waals surface area contributed by atoms with E-state index in [9.17, 15) is 14.0 Å². The third-order valence-electron chi connectivity index (χ3n) is 5.04. The first-order valence-corrected chi connectivity index (χ1v) is 9.86. The number of hydrogen-bond donors (Lipinski definition) is 2. The Labute approximate surface area is 170 Å². The van der Waals surface area contributed by atoms with Gasteiger partial charge in [-0.15, -0.1) is 0 Å². The van der Waals surface area contributed by atoms with Crippen LogP contribution in [0.25, 0.3) is 0 Å². The fourth-order valence-corrected chi connectivity index (χ4v) is 3.42. The first kappa shape index (κ1) is 20.6. The van der Waals surface area contributed by atoms with E-state index in [0.717, 1.165) is 0 Å². The van der Waals surface area contributed by atoms with Gasteiger partial charge in [-0.3, -0.25) is 4.79 Å². The molecule has 1 unspecified atom stereocenters. The van der Waals surface area contributed by atoms with Crippen molar-refractivity contribution < 1.29 is 14.0 Å². The Kier molecular flexibility index (Phi) is 6.69. The van der Waals surface area contributed by atoms with Crippen LogP contribution in [0.3, 0.4) is 0 Å². The molecule has 1 fully saturated rings. The highest BCUT2D eigenvalue weighted by atomic mass is 19.1. The molecular formula is C22H27FN4O2. The monoisotopic (exact) mass is 398 g/mol. The minimum absolute atomic E-state index is 0.0615. The SMILES string of the molecule is CC(C)C(NC(=O)Nc1ccccc1)C(=O)N1CCN(c2ccccc2F)CC1. The molecule has 3 amide bonds. The van der Waals surface area contributed by atoms with Crippen LogP contribution in [0, 0.1) is 11.7 Å². The summed E-state index contributed by atoms with van der Waals surface area (Å²) in [5.41, 5.74) is 1.22. The number of halogens is 1. The molecule has 0 saturated carbocycles. The van der Waals surface area contributed by atoms with Crippen molar-refractivity contribution in [3.8, 4) is 0 Å². The number of nitrogens with zero attached hydrogens (tertiary/aromatic N) is 2. The molecule has 3 rings (SSSR count). The molecule has 2 N–H and O–H groups in total. The quantitative estimate of drug-likeness (QED) is 0.812. The summed E-state index contributed by atoms with van der Waals surface area (Å²) in [6, 6.07) is 14.7. The summed E-state index contributed by atoms with van der Waals surface area (Å²) < 4.78 is 14.0. The predicted octanol–water partition coefficient (Wildman–Crippen LogP) is 3.32. The molecule has 1 aliphatic rings. The second-order valence-electron chi connectivity index (χ2n) is 7.45. The zero-order chi connectivity index (χ0) is 20.8. The normalized spacial score (nSPS) is 15.2. The van der Waals surface area contributed by atoms with Gasteiger partial charge < -0.3 is 20.4 Å². The van der Waals surface area contributed by atoms with E-state index in [1.54, 1.807) is 35.2 Å². The number of benzene rings is 2. The van der Waals surface area contributed by atoms with Gasteiger partial charge in [-0.25, -0.2) is 9.18 Å². The summed E-state index contributed by atoms with van der Waals surface area (Å²) in [5.74, 6) is -0.434. The molecule has 2 aromatic carbocycles. The fraction of sp³-hybridized carbons (Fsp3) is 0.364. The number of piperazine rings is 1.